The number of Topliss-reactive ketones (excluding diaryl/α,β-unsaturated/α-hetero) is 8. The summed E-state index contributed by atoms with van der Waals surface area (Å²) in [7, 11) is 0. The van der Waals surface area contributed by atoms with Gasteiger partial charge in [-0.2, -0.15) is 5.10 Å². The van der Waals surface area contributed by atoms with Gasteiger partial charge in [0.2, 0.25) is 0 Å². The molecule has 0 bridgehead atoms. The van der Waals surface area contributed by atoms with Gasteiger partial charge >= 0.3 is 0 Å². The summed E-state index contributed by atoms with van der Waals surface area (Å²) in [5.74, 6) is 5.52. The Labute approximate surface area is 816 Å². The summed E-state index contributed by atoms with van der Waals surface area (Å²) < 4.78 is 21.5. The Kier molecular flexibility index (Phi) is 37.0. The topological polar surface area (TPSA) is 308 Å². The van der Waals surface area contributed by atoms with Crippen molar-refractivity contribution in [3.63, 3.8) is 0 Å². The predicted octanol–water partition coefficient (Wildman–Crippen LogP) is 29.4. The van der Waals surface area contributed by atoms with Crippen LogP contribution in [0.2, 0.25) is 0 Å². The minimum atomic E-state index is -0.422. The highest BCUT2D eigenvalue weighted by Crippen LogP contribution is 2.34. The van der Waals surface area contributed by atoms with Crippen molar-refractivity contribution in [2.75, 3.05) is 0 Å². The van der Waals surface area contributed by atoms with E-state index in [9.17, 15) is 38.4 Å². The SMILES string of the molecule is CC(C)(C)C(=O)c1cc(-c2ccco2)ccn1.CC(C)(C)C(=O)c1cccc(-c2ccco2)c1.CC(C)(C)C(=O)c1cccc(-c2ccncc2)c1.CC(C)(C)C(=O)c1cccc(-c2cn[nH]c2)c1.CC(C)(C)C(=O)c1cccc(-c2ncccn2)c1.CC(C)(C)C(=O)c1cncc(-c2ccncc2)c1.CC(C)C(=O)c1cncc(-c2ccco2)c1.Cc1ccc(-c2cccc(C(=O)C(C)(C)C)c2)o1. The van der Waals surface area contributed by atoms with Crippen molar-refractivity contribution in [1.82, 2.24) is 45.1 Å². The van der Waals surface area contributed by atoms with Gasteiger partial charge in [0, 0.05) is 196 Å². The van der Waals surface area contributed by atoms with Crippen molar-refractivity contribution in [3.05, 3.63) is 374 Å². The average Bonchev–Trinajstić information content (AvgIpc) is 1.17. The number of hydrogen-bond acceptors (Lipinski definition) is 20. The monoisotopic (exact) mass is 1860 g/mol. The molecule has 0 amide bonds. The number of H-pyrrole nitrogens is 1. The first-order valence-electron chi connectivity index (χ1n) is 46.0. The van der Waals surface area contributed by atoms with Crippen LogP contribution in [0.1, 0.15) is 248 Å². The van der Waals surface area contributed by atoms with Gasteiger partial charge in [-0.1, -0.05) is 250 Å². The molecule has 0 aliphatic carbocycles. The zero-order chi connectivity index (χ0) is 102. The van der Waals surface area contributed by atoms with E-state index in [0.29, 0.717) is 28.2 Å². The molecule has 716 valence electrons. The third kappa shape index (κ3) is 32.1. The van der Waals surface area contributed by atoms with Crippen LogP contribution in [0.15, 0.2) is 341 Å². The van der Waals surface area contributed by atoms with Crippen molar-refractivity contribution in [1.29, 1.82) is 0 Å². The zero-order valence-corrected chi connectivity index (χ0v) is 84.2. The molecule has 16 aromatic rings. The zero-order valence-electron chi connectivity index (χ0n) is 84.2. The minimum absolute atomic E-state index is 0.0198. The number of carbonyl (C=O) groups excluding carboxylic acids is 8. The van der Waals surface area contributed by atoms with Gasteiger partial charge in [0.15, 0.2) is 52.1 Å². The number of ketones is 8. The quantitative estimate of drug-likeness (QED) is 0.0828. The number of pyridine rings is 5. The molecule has 0 saturated carbocycles. The summed E-state index contributed by atoms with van der Waals surface area (Å²) >= 11 is 0. The summed E-state index contributed by atoms with van der Waals surface area (Å²) in [4.78, 5) is 126. The molecule has 0 unspecified atom stereocenters. The molecule has 139 heavy (non-hydrogen) atoms. The Balaban J connectivity index is 0.000000178. The third-order valence-corrected chi connectivity index (χ3v) is 21.1. The van der Waals surface area contributed by atoms with Crippen molar-refractivity contribution >= 4 is 46.3 Å². The molecule has 21 nitrogen and oxygen atoms in total. The summed E-state index contributed by atoms with van der Waals surface area (Å²) in [6.45, 7) is 46.0. The van der Waals surface area contributed by atoms with E-state index in [4.69, 9.17) is 17.7 Å². The number of rotatable bonds is 17. The lowest BCUT2D eigenvalue weighted by Gasteiger charge is -2.17. The van der Waals surface area contributed by atoms with Crippen LogP contribution in [-0.4, -0.2) is 91.4 Å². The summed E-state index contributed by atoms with van der Waals surface area (Å²) in [5, 5.41) is 6.68. The lowest BCUT2D eigenvalue weighted by molar-refractivity contribution is 0.0848. The van der Waals surface area contributed by atoms with Gasteiger partial charge in [-0.3, -0.25) is 68.4 Å². The van der Waals surface area contributed by atoms with Crippen molar-refractivity contribution < 1.29 is 56.0 Å². The van der Waals surface area contributed by atoms with Gasteiger partial charge in [0.25, 0.3) is 0 Å². The number of benzene rings is 5. The Morgan fingerprint density at radius 2 is 0.604 bits per heavy atom. The van der Waals surface area contributed by atoms with Gasteiger partial charge in [-0.15, -0.1) is 0 Å². The van der Waals surface area contributed by atoms with E-state index >= 15 is 0 Å². The fourth-order valence-electron chi connectivity index (χ4n) is 13.4. The van der Waals surface area contributed by atoms with Crippen LogP contribution in [0.5, 0.6) is 0 Å². The van der Waals surface area contributed by atoms with Crippen LogP contribution in [0.25, 0.3) is 90.1 Å². The normalized spacial score (nSPS) is 11.3. The van der Waals surface area contributed by atoms with Gasteiger partial charge < -0.3 is 17.7 Å². The van der Waals surface area contributed by atoms with Crippen LogP contribution in [0.3, 0.4) is 0 Å². The standard InChI is InChI=1S/C16H17NO.C16H18O2.2C15H16N2O.C15H16O2.C14H16N2O.C14H15NO2.C13H13NO2/c1-16(2,3)15(18)14-6-4-5-13(11-14)12-7-9-17-10-8-12;1-11-8-9-14(18-11)12-6-5-7-13(10-12)15(17)16(2,3)4;1-15(2,3)14(18)13-8-12(9-17-10-13)11-4-6-16-7-5-11;1-15(2,3)13(18)11-6-4-7-12(10-11)14-16-8-5-9-17-14;1-15(2,3)14(16)12-7-4-6-11(10-12)13-8-5-9-17-13;1-14(2,3)13(17)11-6-4-5-10(7-11)12-8-15-16-9-12;1-14(2,3)13(16)11-9-10(6-7-15-11)12-5-4-8-17-12;1-9(2)13(15)11-6-10(7-14-8-11)12-4-3-5-16-12/h4-11H,1-3H3;5-10H,1-4H3;2*4-10H,1-3H3;4-10H,1-3H3;4-9H,1-3H3,(H,15,16);4-9H,1-3H3;3-9H,1-2H3. The number of aryl methyl sites for hydroxylation is 1. The van der Waals surface area contributed by atoms with Crippen LogP contribution >= 0.6 is 0 Å². The smallest absolute Gasteiger partial charge is 0.186 e. The second-order valence-electron chi connectivity index (χ2n) is 40.7. The van der Waals surface area contributed by atoms with Crippen LogP contribution in [-0.2, 0) is 0 Å². The second kappa shape index (κ2) is 47.9. The van der Waals surface area contributed by atoms with Gasteiger partial charge in [0.05, 0.1) is 25.0 Å². The third-order valence-electron chi connectivity index (χ3n) is 21.1. The van der Waals surface area contributed by atoms with Crippen molar-refractivity contribution in [2.24, 2.45) is 43.8 Å². The van der Waals surface area contributed by atoms with Crippen LogP contribution in [0, 0.1) is 50.7 Å². The Bertz CT molecular complexity index is 6240. The maximum Gasteiger partial charge on any atom is 0.186 e. The van der Waals surface area contributed by atoms with Crippen molar-refractivity contribution in [3.8, 4) is 90.1 Å². The first-order valence-corrected chi connectivity index (χ1v) is 46.0. The number of carbonyl (C=O) groups is 8. The van der Waals surface area contributed by atoms with E-state index in [1.807, 2.05) is 385 Å². The Hall–Kier alpha value is -15.4. The summed E-state index contributed by atoms with van der Waals surface area (Å²) in [5.41, 5.74) is 13.3. The fraction of sp³-hybridized carbons (Fsp3) is 0.271. The average molecular weight is 1860 g/mol. The number of aromatic nitrogens is 9. The van der Waals surface area contributed by atoms with E-state index in [1.165, 1.54) is 0 Å². The molecule has 16 rings (SSSR count). The molecule has 0 atom stereocenters. The van der Waals surface area contributed by atoms with E-state index in [2.05, 4.69) is 45.1 Å². The maximum absolute atomic E-state index is 12.2. The van der Waals surface area contributed by atoms with Crippen LogP contribution < -0.4 is 0 Å². The van der Waals surface area contributed by atoms with E-state index in [1.54, 1.807) is 105 Å². The largest absolute Gasteiger partial charge is 0.464 e. The highest BCUT2D eigenvalue weighted by Gasteiger charge is 2.30. The Morgan fingerprint density at radius 3 is 0.993 bits per heavy atom. The maximum atomic E-state index is 12.2. The molecule has 21 heteroatoms. The number of furan rings is 4. The molecule has 0 spiro atoms. The van der Waals surface area contributed by atoms with Gasteiger partial charge in [0.1, 0.15) is 34.5 Å². The van der Waals surface area contributed by atoms with E-state index in [0.717, 1.165) is 112 Å². The molecule has 0 saturated heterocycles. The number of nitrogens with zero attached hydrogens (tertiary/aromatic N) is 8. The lowest BCUT2D eigenvalue weighted by atomic mass is 9.86. The summed E-state index contributed by atoms with van der Waals surface area (Å²) in [6.07, 6.45) is 27.1. The van der Waals surface area contributed by atoms with E-state index < -0.39 is 10.8 Å². The molecule has 0 fully saturated rings. The first kappa shape index (κ1) is 107. The molecule has 11 heterocycles. The number of aromatic amines is 1. The van der Waals surface area contributed by atoms with Crippen LogP contribution in [0.4, 0.5) is 0 Å². The summed E-state index contributed by atoms with van der Waals surface area (Å²) in [6, 6.07) is 69.7. The molecule has 1 N–H and O–H groups in total. The Morgan fingerprint density at radius 1 is 0.266 bits per heavy atom. The molecule has 0 radical (unpaired) electrons. The lowest BCUT2D eigenvalue weighted by Crippen LogP contribution is -2.21. The second-order valence-corrected chi connectivity index (χ2v) is 40.7. The highest BCUT2D eigenvalue weighted by atomic mass is 16.3. The molecule has 0 aliphatic heterocycles. The van der Waals surface area contributed by atoms with Gasteiger partial charge in [-0.05, 0) is 163 Å². The van der Waals surface area contributed by atoms with Crippen molar-refractivity contribution in [2.45, 2.75) is 166 Å². The fourth-order valence-corrected chi connectivity index (χ4v) is 13.4. The molecular formula is C118H127N9O12. The predicted molar refractivity (Wildman–Crippen MR) is 551 cm³/mol. The molecule has 11 aromatic heterocycles. The van der Waals surface area contributed by atoms with Gasteiger partial charge in [-0.25, -0.2) is 9.97 Å². The first-order chi connectivity index (χ1) is 65.5. The molecular weight excluding hydrogens is 1740 g/mol. The number of hydrogen-bond donors (Lipinski definition) is 1. The highest BCUT2D eigenvalue weighted by molar-refractivity contribution is 6.05. The molecule has 0 aliphatic rings. The van der Waals surface area contributed by atoms with E-state index in [-0.39, 0.29) is 79.3 Å². The minimum Gasteiger partial charge on any atom is -0.464 e. The number of nitrogens with one attached hydrogen (secondary N) is 1. The molecule has 5 aromatic carbocycles.